The number of aryl methyl sites for hydroxylation is 1. The number of benzene rings is 2. The molecule has 1 saturated heterocycles. The van der Waals surface area contributed by atoms with Crippen LogP contribution in [0.2, 0.25) is 19.6 Å². The molecular formula is C23H29NO2SSi. The molecule has 1 saturated carbocycles. The minimum atomic E-state index is -3.44. The first-order chi connectivity index (χ1) is 13.1. The van der Waals surface area contributed by atoms with Gasteiger partial charge in [0.25, 0.3) is 0 Å². The Morgan fingerprint density at radius 3 is 2.29 bits per heavy atom. The van der Waals surface area contributed by atoms with Crippen LogP contribution < -0.4 is 0 Å². The van der Waals surface area contributed by atoms with Gasteiger partial charge in [-0.25, -0.2) is 8.42 Å². The fourth-order valence-corrected chi connectivity index (χ4v) is 6.89. The molecule has 4 rings (SSSR count). The van der Waals surface area contributed by atoms with Crippen LogP contribution in [0.5, 0.6) is 0 Å². The van der Waals surface area contributed by atoms with Crippen LogP contribution in [-0.2, 0) is 10.0 Å². The van der Waals surface area contributed by atoms with E-state index in [0.29, 0.717) is 29.8 Å². The van der Waals surface area contributed by atoms with Gasteiger partial charge in [0.1, 0.15) is 0 Å². The molecule has 2 aromatic rings. The highest BCUT2D eigenvalue weighted by Crippen LogP contribution is 2.70. The highest BCUT2D eigenvalue weighted by atomic mass is 32.2. The molecule has 0 N–H and O–H groups in total. The van der Waals surface area contributed by atoms with Crippen molar-refractivity contribution in [3.05, 3.63) is 77.5 Å². The van der Waals surface area contributed by atoms with Crippen LogP contribution in [0.3, 0.4) is 0 Å². The molecule has 2 aliphatic rings. The molecule has 0 aromatic heterocycles. The molecule has 28 heavy (non-hydrogen) atoms. The number of rotatable bonds is 5. The van der Waals surface area contributed by atoms with E-state index < -0.39 is 18.1 Å². The molecule has 148 valence electrons. The van der Waals surface area contributed by atoms with E-state index >= 15 is 0 Å². The molecule has 0 spiro atoms. The Kier molecular flexibility index (Phi) is 4.68. The maximum atomic E-state index is 13.2. The Hall–Kier alpha value is -1.69. The average Bonchev–Trinajstić information content (AvgIpc) is 3.09. The van der Waals surface area contributed by atoms with Gasteiger partial charge in [0.2, 0.25) is 10.0 Å². The second-order valence-electron chi connectivity index (χ2n) is 9.42. The molecule has 0 bridgehead atoms. The minimum absolute atomic E-state index is 0.0562. The zero-order chi connectivity index (χ0) is 20.2. The van der Waals surface area contributed by atoms with Crippen molar-refractivity contribution in [1.29, 1.82) is 0 Å². The normalized spacial score (nSPS) is 27.9. The maximum Gasteiger partial charge on any atom is 0.243 e. The monoisotopic (exact) mass is 411 g/mol. The van der Waals surface area contributed by atoms with Gasteiger partial charge in [-0.1, -0.05) is 79.4 Å². The fraction of sp³-hybridized carbons (Fsp3) is 0.391. The van der Waals surface area contributed by atoms with Gasteiger partial charge in [-0.2, -0.15) is 4.31 Å². The zero-order valence-electron chi connectivity index (χ0n) is 17.1. The van der Waals surface area contributed by atoms with E-state index in [9.17, 15) is 8.42 Å². The summed E-state index contributed by atoms with van der Waals surface area (Å²) in [6.07, 6.45) is 2.37. The first kappa shape index (κ1) is 19.6. The summed E-state index contributed by atoms with van der Waals surface area (Å²) in [6.45, 7) is 10.1. The molecule has 0 radical (unpaired) electrons. The van der Waals surface area contributed by atoms with E-state index in [4.69, 9.17) is 0 Å². The number of piperidine rings is 1. The number of nitrogens with zero attached hydrogens (tertiary/aromatic N) is 1. The second kappa shape index (κ2) is 6.68. The molecule has 2 aromatic carbocycles. The largest absolute Gasteiger partial charge is 0.243 e. The molecule has 1 aliphatic carbocycles. The first-order valence-corrected chi connectivity index (χ1v) is 15.0. The summed E-state index contributed by atoms with van der Waals surface area (Å²) < 4.78 is 28.1. The third-order valence-electron chi connectivity index (χ3n) is 6.12. The predicted octanol–water partition coefficient (Wildman–Crippen LogP) is 4.83. The minimum Gasteiger partial charge on any atom is -0.207 e. The zero-order valence-corrected chi connectivity index (χ0v) is 18.9. The van der Waals surface area contributed by atoms with Gasteiger partial charge in [0.05, 0.1) is 13.0 Å². The molecule has 0 amide bonds. The quantitative estimate of drug-likeness (QED) is 0.661. The van der Waals surface area contributed by atoms with Gasteiger partial charge < -0.3 is 0 Å². The molecule has 5 heteroatoms. The fourth-order valence-electron chi connectivity index (χ4n) is 4.55. The van der Waals surface area contributed by atoms with Gasteiger partial charge in [0.15, 0.2) is 0 Å². The summed E-state index contributed by atoms with van der Waals surface area (Å²) in [7, 11) is -4.81. The topological polar surface area (TPSA) is 37.4 Å². The van der Waals surface area contributed by atoms with Gasteiger partial charge >= 0.3 is 0 Å². The number of fused-ring (bicyclic) bond motifs is 1. The summed E-state index contributed by atoms with van der Waals surface area (Å²) in [5, 5.41) is 0. The summed E-state index contributed by atoms with van der Waals surface area (Å²) >= 11 is 0. The summed E-state index contributed by atoms with van der Waals surface area (Å²) in [5.41, 5.74) is 4.74. The van der Waals surface area contributed by atoms with Crippen LogP contribution in [-0.4, -0.2) is 33.9 Å². The van der Waals surface area contributed by atoms with Crippen LogP contribution in [0, 0.1) is 18.3 Å². The van der Waals surface area contributed by atoms with Crippen LogP contribution >= 0.6 is 0 Å². The van der Waals surface area contributed by atoms with Crippen LogP contribution in [0.15, 0.2) is 71.3 Å². The number of sulfonamides is 1. The van der Waals surface area contributed by atoms with Crippen molar-refractivity contribution in [2.45, 2.75) is 37.4 Å². The van der Waals surface area contributed by atoms with Gasteiger partial charge in [-0.05, 0) is 36.5 Å². The molecule has 1 unspecified atom stereocenters. The van der Waals surface area contributed by atoms with Gasteiger partial charge in [-0.3, -0.25) is 0 Å². The third kappa shape index (κ3) is 3.40. The van der Waals surface area contributed by atoms with E-state index in [2.05, 4.69) is 55.7 Å². The predicted molar refractivity (Wildman–Crippen MR) is 118 cm³/mol. The van der Waals surface area contributed by atoms with E-state index in [1.807, 2.05) is 25.1 Å². The molecule has 3 nitrogen and oxygen atoms in total. The van der Waals surface area contributed by atoms with E-state index in [0.717, 1.165) is 5.56 Å². The molecular weight excluding hydrogens is 382 g/mol. The Bertz CT molecular complexity index is 993. The lowest BCUT2D eigenvalue weighted by Gasteiger charge is -2.23. The van der Waals surface area contributed by atoms with Gasteiger partial charge in [-0.15, -0.1) is 0 Å². The lowest BCUT2D eigenvalue weighted by Crippen LogP contribution is -2.33. The third-order valence-corrected chi connectivity index (χ3v) is 9.12. The van der Waals surface area contributed by atoms with Crippen molar-refractivity contribution in [2.75, 3.05) is 13.1 Å². The smallest absolute Gasteiger partial charge is 0.207 e. The van der Waals surface area contributed by atoms with Crippen molar-refractivity contribution in [3.63, 3.8) is 0 Å². The Labute approximate surface area is 170 Å². The van der Waals surface area contributed by atoms with Crippen molar-refractivity contribution in [2.24, 2.45) is 11.3 Å². The average molecular weight is 412 g/mol. The second-order valence-corrected chi connectivity index (χ2v) is 16.4. The lowest BCUT2D eigenvalue weighted by atomic mass is 9.99. The van der Waals surface area contributed by atoms with E-state index in [-0.39, 0.29) is 5.41 Å². The van der Waals surface area contributed by atoms with E-state index in [1.54, 1.807) is 16.4 Å². The number of hydrogen-bond acceptors (Lipinski definition) is 2. The molecule has 1 aliphatic heterocycles. The SMILES string of the molecule is Cc1ccc(S(=O)(=O)N2CC3[C@H](c4ccccc4)[C@@]3(/C=C\[Si](C)(C)C)C2)cc1. The van der Waals surface area contributed by atoms with E-state index in [1.165, 1.54) is 5.56 Å². The standard InChI is InChI=1S/C23H29NO2SSi/c1-18-10-12-20(13-11-18)27(25,26)24-16-21-22(19-8-6-5-7-9-19)23(21,17-24)14-15-28(2,3)4/h5-15,21-22H,16-17H2,1-4H3/b15-14-/t21?,22-,23-/m0/s1. The highest BCUT2D eigenvalue weighted by Gasteiger charge is 2.69. The summed E-state index contributed by atoms with van der Waals surface area (Å²) in [6, 6.07) is 17.8. The number of hydrogen-bond donors (Lipinski definition) is 0. The summed E-state index contributed by atoms with van der Waals surface area (Å²) in [4.78, 5) is 0.403. The van der Waals surface area contributed by atoms with Crippen molar-refractivity contribution >= 4 is 18.1 Å². The Balaban J connectivity index is 1.65. The Morgan fingerprint density at radius 1 is 1.04 bits per heavy atom. The van der Waals surface area contributed by atoms with Crippen LogP contribution in [0.4, 0.5) is 0 Å². The van der Waals surface area contributed by atoms with Crippen molar-refractivity contribution < 1.29 is 8.42 Å². The molecule has 1 heterocycles. The lowest BCUT2D eigenvalue weighted by molar-refractivity contribution is 0.414. The molecule has 3 atom stereocenters. The van der Waals surface area contributed by atoms with Crippen molar-refractivity contribution in [3.8, 4) is 0 Å². The summed E-state index contributed by atoms with van der Waals surface area (Å²) in [5.74, 6) is 0.786. The first-order valence-electron chi connectivity index (χ1n) is 9.96. The molecule has 2 fully saturated rings. The highest BCUT2D eigenvalue weighted by molar-refractivity contribution is 7.89. The van der Waals surface area contributed by atoms with Gasteiger partial charge in [0, 0.05) is 18.5 Å². The Morgan fingerprint density at radius 2 is 1.68 bits per heavy atom. The van der Waals surface area contributed by atoms with Crippen LogP contribution in [0.1, 0.15) is 17.0 Å². The van der Waals surface area contributed by atoms with Crippen molar-refractivity contribution in [1.82, 2.24) is 4.31 Å². The maximum absolute atomic E-state index is 13.2. The van der Waals surface area contributed by atoms with Crippen LogP contribution in [0.25, 0.3) is 0 Å².